The van der Waals surface area contributed by atoms with Crippen molar-refractivity contribution in [3.05, 3.63) is 35.9 Å². The van der Waals surface area contributed by atoms with Crippen LogP contribution in [-0.2, 0) is 0 Å². The monoisotopic (exact) mass is 192 g/mol. The molecule has 0 radical (unpaired) electrons. The summed E-state index contributed by atoms with van der Waals surface area (Å²) < 4.78 is 0. The van der Waals surface area contributed by atoms with Gasteiger partial charge < -0.3 is 10.6 Å². The first-order valence-corrected chi connectivity index (χ1v) is 5.08. The maximum Gasteiger partial charge on any atom is 0.0379 e. The predicted molar refractivity (Wildman–Crippen MR) is 61.1 cm³/mol. The van der Waals surface area contributed by atoms with Crippen LogP contribution in [-0.4, -0.2) is 25.5 Å². The average Bonchev–Trinajstić information content (AvgIpc) is 2.19. The van der Waals surface area contributed by atoms with Gasteiger partial charge in [0.05, 0.1) is 0 Å². The molecule has 1 aromatic rings. The fourth-order valence-electron chi connectivity index (χ4n) is 1.91. The maximum absolute atomic E-state index is 5.72. The zero-order valence-corrected chi connectivity index (χ0v) is 9.27. The molecule has 0 aliphatic rings. The second-order valence-corrected chi connectivity index (χ2v) is 4.03. The van der Waals surface area contributed by atoms with Crippen LogP contribution >= 0.6 is 0 Å². The zero-order chi connectivity index (χ0) is 10.6. The van der Waals surface area contributed by atoms with Gasteiger partial charge in [-0.05, 0) is 32.1 Å². The van der Waals surface area contributed by atoms with Crippen molar-refractivity contribution in [2.75, 3.05) is 20.6 Å². The minimum atomic E-state index is 0.418. The van der Waals surface area contributed by atoms with Crippen LogP contribution in [0.15, 0.2) is 30.3 Å². The molecule has 0 heterocycles. The molecule has 0 spiro atoms. The second kappa shape index (κ2) is 5.13. The predicted octanol–water partition coefficient (Wildman–Crippen LogP) is 1.88. The first-order chi connectivity index (χ1) is 6.66. The molecule has 2 atom stereocenters. The van der Waals surface area contributed by atoms with E-state index in [9.17, 15) is 0 Å². The topological polar surface area (TPSA) is 29.3 Å². The summed E-state index contributed by atoms with van der Waals surface area (Å²) in [7, 11) is 4.20. The first-order valence-electron chi connectivity index (χ1n) is 5.08. The van der Waals surface area contributed by atoms with Crippen LogP contribution in [0.1, 0.15) is 18.5 Å². The van der Waals surface area contributed by atoms with Crippen molar-refractivity contribution in [1.29, 1.82) is 0 Å². The van der Waals surface area contributed by atoms with Crippen LogP contribution < -0.4 is 5.73 Å². The van der Waals surface area contributed by atoms with Crippen molar-refractivity contribution in [3.63, 3.8) is 0 Å². The number of benzene rings is 1. The third-order valence-electron chi connectivity index (χ3n) is 2.61. The van der Waals surface area contributed by atoms with Crippen molar-refractivity contribution >= 4 is 0 Å². The minimum Gasteiger partial charge on any atom is -0.330 e. The molecule has 0 fully saturated rings. The van der Waals surface area contributed by atoms with E-state index >= 15 is 0 Å². The average molecular weight is 192 g/mol. The molecule has 1 rings (SSSR count). The molecular formula is C12H20N2. The van der Waals surface area contributed by atoms with Gasteiger partial charge in [0.1, 0.15) is 0 Å². The van der Waals surface area contributed by atoms with E-state index in [1.807, 2.05) is 6.07 Å². The third-order valence-corrected chi connectivity index (χ3v) is 2.61. The summed E-state index contributed by atoms with van der Waals surface area (Å²) in [6.07, 6.45) is 0. The molecule has 0 amide bonds. The molecule has 14 heavy (non-hydrogen) atoms. The molecule has 0 bridgehead atoms. The van der Waals surface area contributed by atoms with Gasteiger partial charge in [0.15, 0.2) is 0 Å². The van der Waals surface area contributed by atoms with Crippen LogP contribution in [0.2, 0.25) is 0 Å². The van der Waals surface area contributed by atoms with E-state index in [1.54, 1.807) is 0 Å². The normalized spacial score (nSPS) is 15.5. The Kier molecular flexibility index (Phi) is 4.11. The van der Waals surface area contributed by atoms with Crippen LogP contribution in [0.4, 0.5) is 0 Å². The maximum atomic E-state index is 5.72. The highest BCUT2D eigenvalue weighted by atomic mass is 15.1. The largest absolute Gasteiger partial charge is 0.330 e. The Labute approximate surface area is 86.7 Å². The molecule has 2 unspecified atom stereocenters. The van der Waals surface area contributed by atoms with Gasteiger partial charge in [-0.1, -0.05) is 37.3 Å². The first kappa shape index (κ1) is 11.2. The third kappa shape index (κ3) is 2.56. The van der Waals surface area contributed by atoms with E-state index in [1.165, 1.54) is 5.56 Å². The quantitative estimate of drug-likeness (QED) is 0.789. The van der Waals surface area contributed by atoms with E-state index in [2.05, 4.69) is 50.2 Å². The molecule has 1 aromatic carbocycles. The number of rotatable bonds is 4. The lowest BCUT2D eigenvalue weighted by Crippen LogP contribution is -2.30. The summed E-state index contributed by atoms with van der Waals surface area (Å²) in [6.45, 7) is 2.91. The molecule has 2 N–H and O–H groups in total. The van der Waals surface area contributed by atoms with E-state index in [-0.39, 0.29) is 0 Å². The molecule has 2 heteroatoms. The summed E-state index contributed by atoms with van der Waals surface area (Å²) in [5.74, 6) is 0.479. The Hall–Kier alpha value is -0.860. The van der Waals surface area contributed by atoms with Gasteiger partial charge in [-0.25, -0.2) is 0 Å². The highest BCUT2D eigenvalue weighted by Crippen LogP contribution is 2.25. The number of hydrogen-bond donors (Lipinski definition) is 1. The Morgan fingerprint density at radius 2 is 1.79 bits per heavy atom. The molecule has 0 saturated heterocycles. The van der Waals surface area contributed by atoms with Crippen molar-refractivity contribution in [3.8, 4) is 0 Å². The van der Waals surface area contributed by atoms with Crippen LogP contribution in [0.25, 0.3) is 0 Å². The van der Waals surface area contributed by atoms with Crippen molar-refractivity contribution < 1.29 is 0 Å². The van der Waals surface area contributed by atoms with Gasteiger partial charge in [-0.2, -0.15) is 0 Å². The van der Waals surface area contributed by atoms with Crippen molar-refractivity contribution in [2.24, 2.45) is 11.7 Å². The van der Waals surface area contributed by atoms with Gasteiger partial charge in [0, 0.05) is 6.04 Å². The summed E-state index contributed by atoms with van der Waals surface area (Å²) in [5.41, 5.74) is 7.06. The molecule has 0 saturated carbocycles. The van der Waals surface area contributed by atoms with Crippen molar-refractivity contribution in [1.82, 2.24) is 4.90 Å². The van der Waals surface area contributed by atoms with Gasteiger partial charge in [-0.3, -0.25) is 0 Å². The molecular weight excluding hydrogens is 172 g/mol. The van der Waals surface area contributed by atoms with Crippen LogP contribution in [0, 0.1) is 5.92 Å². The number of hydrogen-bond acceptors (Lipinski definition) is 2. The van der Waals surface area contributed by atoms with Gasteiger partial charge in [0.2, 0.25) is 0 Å². The van der Waals surface area contributed by atoms with E-state index in [4.69, 9.17) is 5.73 Å². The van der Waals surface area contributed by atoms with Crippen LogP contribution in [0.5, 0.6) is 0 Å². The van der Waals surface area contributed by atoms with E-state index in [0.717, 1.165) is 6.54 Å². The molecule has 78 valence electrons. The molecule has 0 aliphatic heterocycles. The zero-order valence-electron chi connectivity index (χ0n) is 9.27. The standard InChI is InChI=1S/C12H20N2/c1-10(9-13)12(14(2)3)11-7-5-4-6-8-11/h4-8,10,12H,9,13H2,1-3H3. The fraction of sp³-hybridized carbons (Fsp3) is 0.500. The molecule has 2 nitrogen and oxygen atoms in total. The smallest absolute Gasteiger partial charge is 0.0379 e. The van der Waals surface area contributed by atoms with E-state index < -0.39 is 0 Å². The number of nitrogens with two attached hydrogens (primary N) is 1. The van der Waals surface area contributed by atoms with Gasteiger partial charge >= 0.3 is 0 Å². The van der Waals surface area contributed by atoms with Crippen LogP contribution in [0.3, 0.4) is 0 Å². The Morgan fingerprint density at radius 3 is 2.21 bits per heavy atom. The summed E-state index contributed by atoms with van der Waals surface area (Å²) in [6, 6.07) is 10.9. The van der Waals surface area contributed by atoms with Crippen molar-refractivity contribution in [2.45, 2.75) is 13.0 Å². The summed E-state index contributed by atoms with van der Waals surface area (Å²) in [5, 5.41) is 0. The summed E-state index contributed by atoms with van der Waals surface area (Å²) in [4.78, 5) is 2.23. The number of nitrogens with zero attached hydrogens (tertiary/aromatic N) is 1. The second-order valence-electron chi connectivity index (χ2n) is 4.03. The Bertz CT molecular complexity index is 256. The Morgan fingerprint density at radius 1 is 1.21 bits per heavy atom. The van der Waals surface area contributed by atoms with E-state index in [0.29, 0.717) is 12.0 Å². The fourth-order valence-corrected chi connectivity index (χ4v) is 1.91. The van der Waals surface area contributed by atoms with Gasteiger partial charge in [0.25, 0.3) is 0 Å². The molecule has 0 aliphatic carbocycles. The molecule has 0 aromatic heterocycles. The summed E-state index contributed by atoms with van der Waals surface area (Å²) >= 11 is 0. The SMILES string of the molecule is CC(CN)C(c1ccccc1)N(C)C. The highest BCUT2D eigenvalue weighted by molar-refractivity contribution is 5.19. The van der Waals surface area contributed by atoms with Gasteiger partial charge in [-0.15, -0.1) is 0 Å². The highest BCUT2D eigenvalue weighted by Gasteiger charge is 2.19. The minimum absolute atomic E-state index is 0.418. The lowest BCUT2D eigenvalue weighted by atomic mass is 9.94. The Balaban J connectivity index is 2.89. The lowest BCUT2D eigenvalue weighted by molar-refractivity contribution is 0.227. The lowest BCUT2D eigenvalue weighted by Gasteiger charge is -2.29.